The summed E-state index contributed by atoms with van der Waals surface area (Å²) >= 11 is 6.52. The van der Waals surface area contributed by atoms with Crippen LogP contribution in [0.25, 0.3) is 9.88 Å². The highest BCUT2D eigenvalue weighted by Crippen LogP contribution is 2.29. The highest BCUT2D eigenvalue weighted by molar-refractivity contribution is 9.10. The number of rotatable bonds is 5. The molecule has 2 heterocycles. The molecule has 0 saturated carbocycles. The van der Waals surface area contributed by atoms with Crippen molar-refractivity contribution in [1.29, 1.82) is 0 Å². The topological polar surface area (TPSA) is 71.1 Å². The predicted molar refractivity (Wildman–Crippen MR) is 106 cm³/mol. The first-order chi connectivity index (χ1) is 12.0. The molecule has 2 N–H and O–H groups in total. The molecule has 128 valence electrons. The van der Waals surface area contributed by atoms with E-state index >= 15 is 0 Å². The summed E-state index contributed by atoms with van der Waals surface area (Å²) in [6, 6.07) is 9.27. The van der Waals surface area contributed by atoms with Gasteiger partial charge in [-0.1, -0.05) is 22.0 Å². The van der Waals surface area contributed by atoms with E-state index in [1.165, 1.54) is 18.3 Å². The zero-order valence-electron chi connectivity index (χ0n) is 13.2. The van der Waals surface area contributed by atoms with E-state index in [-0.39, 0.29) is 18.2 Å². The second-order valence-electron chi connectivity index (χ2n) is 5.22. The van der Waals surface area contributed by atoms with E-state index in [0.29, 0.717) is 11.4 Å². The first-order valence-corrected chi connectivity index (χ1v) is 9.92. The number of thiophene rings is 1. The number of aromatic nitrogens is 1. The second kappa shape index (κ2) is 7.90. The Labute approximate surface area is 161 Å². The maximum Gasteiger partial charge on any atom is 0.230 e. The zero-order chi connectivity index (χ0) is 17.8. The van der Waals surface area contributed by atoms with Gasteiger partial charge in [0, 0.05) is 16.8 Å². The van der Waals surface area contributed by atoms with Gasteiger partial charge in [-0.15, -0.1) is 22.7 Å². The minimum absolute atomic E-state index is 0.175. The molecule has 3 aromatic rings. The van der Waals surface area contributed by atoms with Gasteiger partial charge in [-0.25, -0.2) is 4.98 Å². The molecule has 0 spiro atoms. The fourth-order valence-electron chi connectivity index (χ4n) is 2.18. The van der Waals surface area contributed by atoms with Gasteiger partial charge in [0.05, 0.1) is 28.4 Å². The van der Waals surface area contributed by atoms with E-state index in [0.717, 1.165) is 20.1 Å². The Balaban J connectivity index is 1.71. The summed E-state index contributed by atoms with van der Waals surface area (Å²) in [4.78, 5) is 29.3. The number of halogens is 1. The van der Waals surface area contributed by atoms with E-state index in [2.05, 4.69) is 31.5 Å². The molecule has 0 unspecified atom stereocenters. The molecule has 8 heteroatoms. The van der Waals surface area contributed by atoms with Crippen molar-refractivity contribution in [1.82, 2.24) is 4.98 Å². The number of hydrogen-bond donors (Lipinski definition) is 2. The number of carbonyl (C=O) groups is 2. The van der Waals surface area contributed by atoms with Crippen molar-refractivity contribution in [3.63, 3.8) is 0 Å². The van der Waals surface area contributed by atoms with Gasteiger partial charge < -0.3 is 10.6 Å². The van der Waals surface area contributed by atoms with Gasteiger partial charge in [-0.3, -0.25) is 9.59 Å². The van der Waals surface area contributed by atoms with Crippen LogP contribution in [-0.2, 0) is 16.0 Å². The van der Waals surface area contributed by atoms with Gasteiger partial charge in [-0.2, -0.15) is 0 Å². The Morgan fingerprint density at radius 1 is 1.16 bits per heavy atom. The van der Waals surface area contributed by atoms with Crippen LogP contribution in [0.1, 0.15) is 12.6 Å². The molecule has 0 atom stereocenters. The van der Waals surface area contributed by atoms with E-state index in [9.17, 15) is 9.59 Å². The third-order valence-corrected chi connectivity index (χ3v) is 5.62. The Morgan fingerprint density at radius 3 is 2.72 bits per heavy atom. The first kappa shape index (κ1) is 17.8. The monoisotopic (exact) mass is 435 g/mol. The maximum atomic E-state index is 12.4. The molecule has 2 aromatic heterocycles. The number of hydrogen-bond acceptors (Lipinski definition) is 5. The lowest BCUT2D eigenvalue weighted by atomic mass is 10.2. The molecule has 1 aromatic carbocycles. The van der Waals surface area contributed by atoms with Crippen LogP contribution in [-0.4, -0.2) is 16.8 Å². The number of nitrogens with zero attached hydrogens (tertiary/aromatic N) is 1. The molecular formula is C17H14BrN3O2S2. The number of carbonyl (C=O) groups excluding carboxylic acids is 2. The Kier molecular flexibility index (Phi) is 5.62. The van der Waals surface area contributed by atoms with Gasteiger partial charge in [-0.05, 0) is 29.6 Å². The number of benzene rings is 1. The molecule has 0 aliphatic heterocycles. The van der Waals surface area contributed by atoms with E-state index < -0.39 is 0 Å². The molecule has 2 amide bonds. The highest BCUT2D eigenvalue weighted by atomic mass is 79.9. The molecule has 0 fully saturated rings. The fourth-order valence-corrected chi connectivity index (χ4v) is 4.17. The smallest absolute Gasteiger partial charge is 0.230 e. The van der Waals surface area contributed by atoms with E-state index in [1.54, 1.807) is 29.5 Å². The quantitative estimate of drug-likeness (QED) is 0.605. The van der Waals surface area contributed by atoms with Crippen LogP contribution in [0.4, 0.5) is 11.4 Å². The van der Waals surface area contributed by atoms with Crippen molar-refractivity contribution in [2.45, 2.75) is 13.3 Å². The Morgan fingerprint density at radius 2 is 2.00 bits per heavy atom. The molecule has 0 saturated heterocycles. The Hall–Kier alpha value is -2.03. The summed E-state index contributed by atoms with van der Waals surface area (Å²) in [6.07, 6.45) is 0.175. The molecular weight excluding hydrogens is 422 g/mol. The largest absolute Gasteiger partial charge is 0.325 e. The molecule has 0 bridgehead atoms. The highest BCUT2D eigenvalue weighted by Gasteiger charge is 2.12. The van der Waals surface area contributed by atoms with Crippen LogP contribution in [0.5, 0.6) is 0 Å². The number of amides is 2. The van der Waals surface area contributed by atoms with Crippen LogP contribution >= 0.6 is 38.6 Å². The molecule has 3 rings (SSSR count). The predicted octanol–water partition coefficient (Wildman–Crippen LogP) is 4.77. The van der Waals surface area contributed by atoms with Crippen LogP contribution in [0.3, 0.4) is 0 Å². The van der Waals surface area contributed by atoms with Crippen molar-refractivity contribution < 1.29 is 9.59 Å². The van der Waals surface area contributed by atoms with Gasteiger partial charge in [0.2, 0.25) is 11.8 Å². The van der Waals surface area contributed by atoms with Crippen molar-refractivity contribution in [2.24, 2.45) is 0 Å². The molecule has 25 heavy (non-hydrogen) atoms. The lowest BCUT2D eigenvalue weighted by molar-refractivity contribution is -0.116. The third-order valence-electron chi connectivity index (χ3n) is 3.19. The van der Waals surface area contributed by atoms with Crippen LogP contribution in [0.2, 0.25) is 0 Å². The van der Waals surface area contributed by atoms with Gasteiger partial charge >= 0.3 is 0 Å². The van der Waals surface area contributed by atoms with E-state index in [1.807, 2.05) is 22.9 Å². The minimum Gasteiger partial charge on any atom is -0.325 e. The molecule has 5 nitrogen and oxygen atoms in total. The lowest BCUT2D eigenvalue weighted by Gasteiger charge is -2.11. The maximum absolute atomic E-state index is 12.4. The zero-order valence-corrected chi connectivity index (χ0v) is 16.4. The summed E-state index contributed by atoms with van der Waals surface area (Å²) in [5.74, 6) is -0.384. The third kappa shape index (κ3) is 4.75. The molecule has 0 radical (unpaired) electrons. The van der Waals surface area contributed by atoms with Crippen molar-refractivity contribution in [3.8, 4) is 9.88 Å². The van der Waals surface area contributed by atoms with Crippen molar-refractivity contribution in [2.75, 3.05) is 10.6 Å². The second-order valence-corrected chi connectivity index (χ2v) is 7.94. The van der Waals surface area contributed by atoms with Gasteiger partial charge in [0.15, 0.2) is 0 Å². The first-order valence-electron chi connectivity index (χ1n) is 7.36. The molecule has 0 aliphatic carbocycles. The number of anilines is 2. The van der Waals surface area contributed by atoms with Crippen LogP contribution in [0.15, 0.2) is 45.6 Å². The fraction of sp³-hybridized carbons (Fsp3) is 0.118. The Bertz CT molecular complexity index is 907. The summed E-state index contributed by atoms with van der Waals surface area (Å²) < 4.78 is 0.811. The van der Waals surface area contributed by atoms with E-state index in [4.69, 9.17) is 0 Å². The summed E-state index contributed by atoms with van der Waals surface area (Å²) in [5.41, 5.74) is 1.83. The van der Waals surface area contributed by atoms with Crippen LogP contribution < -0.4 is 10.6 Å². The number of thiazole rings is 1. The minimum atomic E-state index is -0.196. The summed E-state index contributed by atoms with van der Waals surface area (Å²) in [5, 5.41) is 10.3. The normalized spacial score (nSPS) is 10.5. The number of nitrogens with one attached hydrogen (secondary N) is 2. The summed E-state index contributed by atoms with van der Waals surface area (Å²) in [6.45, 7) is 1.43. The standard InChI is InChI=1S/C17H14BrN3O2S2/c1-10(22)19-13-5-4-11(18)7-14(13)21-16(23)8-12-9-25-17(20-12)15-3-2-6-24-15/h2-7,9H,8H2,1H3,(H,19,22)(H,21,23). The SMILES string of the molecule is CC(=O)Nc1ccc(Br)cc1NC(=O)Cc1csc(-c2cccs2)n1. The van der Waals surface area contributed by atoms with Gasteiger partial charge in [0.1, 0.15) is 5.01 Å². The molecule has 0 aliphatic rings. The average molecular weight is 436 g/mol. The lowest BCUT2D eigenvalue weighted by Crippen LogP contribution is -2.17. The van der Waals surface area contributed by atoms with Gasteiger partial charge in [0.25, 0.3) is 0 Å². The van der Waals surface area contributed by atoms with Crippen molar-refractivity contribution >= 4 is 61.8 Å². The summed E-state index contributed by atoms with van der Waals surface area (Å²) in [7, 11) is 0. The van der Waals surface area contributed by atoms with Crippen molar-refractivity contribution in [3.05, 3.63) is 51.3 Å². The average Bonchev–Trinajstić information content (AvgIpc) is 3.20. The van der Waals surface area contributed by atoms with Crippen LogP contribution in [0, 0.1) is 0 Å².